The fraction of sp³-hybridized carbons (Fsp3) is 0. The molecule has 0 rings (SSSR count). The van der Waals surface area contributed by atoms with Gasteiger partial charge in [-0.05, 0) is 0 Å². The topological polar surface area (TPSA) is 389 Å². The third-order valence-electron chi connectivity index (χ3n) is 0. The van der Waals surface area contributed by atoms with Crippen molar-refractivity contribution in [2.45, 2.75) is 0 Å². The van der Waals surface area contributed by atoms with Crippen LogP contribution in [0.1, 0.15) is 9.99 Å². The smallest absolute Gasteiger partial charge is 1.00 e. The molecule has 0 radical (unpaired) electrons. The Hall–Kier alpha value is 7.55. The molecular weight excluding hydrogens is 636 g/mol. The molecule has 32 heavy (non-hydrogen) atoms. The van der Waals surface area contributed by atoms with Crippen LogP contribution in [0, 0.1) is 0 Å². The predicted molar refractivity (Wildman–Crippen MR) is 79.1 cm³/mol. The van der Waals surface area contributed by atoms with Crippen molar-refractivity contribution in [1.82, 2.24) is 0 Å². The van der Waals surface area contributed by atoms with E-state index in [-0.39, 0.29) is 217 Å². The number of phosphoric acid groups is 5. The second kappa shape index (κ2) is 38.5. The van der Waals surface area contributed by atoms with E-state index in [1.807, 2.05) is 0 Å². The van der Waals surface area contributed by atoms with E-state index in [2.05, 4.69) is 0 Å². The van der Waals surface area contributed by atoms with Gasteiger partial charge in [0.25, 0.3) is 0 Å². The van der Waals surface area contributed by atoms with Crippen molar-refractivity contribution in [3.8, 4) is 0 Å². The number of hydrogen-bond acceptors (Lipinski definition) is 5. The Morgan fingerprint density at radius 1 is 0.250 bits per heavy atom. The van der Waals surface area contributed by atoms with E-state index in [0.29, 0.717) is 0 Å². The van der Waals surface area contributed by atoms with E-state index in [0.717, 1.165) is 0 Å². The first-order valence-electron chi connectivity index (χ1n) is 3.91. The third-order valence-corrected chi connectivity index (χ3v) is 0. The molecule has 0 saturated carbocycles. The fourth-order valence-corrected chi connectivity index (χ4v) is 0. The van der Waals surface area contributed by atoms with Gasteiger partial charge in [-0.1, -0.05) is 0 Å². The van der Waals surface area contributed by atoms with E-state index < -0.39 is 39.1 Å². The van der Waals surface area contributed by atoms with Crippen LogP contribution < -0.4 is 207 Å². The van der Waals surface area contributed by atoms with Crippen LogP contribution in [-0.2, 0) is 22.8 Å². The minimum atomic E-state index is -4.64. The van der Waals surface area contributed by atoms with Crippen LogP contribution in [0.2, 0.25) is 0 Å². The Morgan fingerprint density at radius 2 is 0.250 bits per heavy atom. The molecule has 0 saturated heterocycles. The molecule has 0 aromatic rings. The zero-order valence-corrected chi connectivity index (χ0v) is 36.5. The van der Waals surface area contributed by atoms with Gasteiger partial charge in [-0.3, -0.25) is 0 Å². The maximum Gasteiger partial charge on any atom is 1.00 e. The van der Waals surface area contributed by atoms with Crippen molar-refractivity contribution in [2.75, 3.05) is 0 Å². The van der Waals surface area contributed by atoms with Crippen LogP contribution in [0.5, 0.6) is 0 Å². The minimum Gasteiger partial charge on any atom is -1.00 e. The first-order chi connectivity index (χ1) is 10.0. The van der Waals surface area contributed by atoms with Gasteiger partial charge in [-0.15, -0.1) is 0 Å². The first-order valence-corrected chi connectivity index (χ1v) is 11.7. The average molecular weight is 658 g/mol. The maximum atomic E-state index is 8.88. The van der Waals surface area contributed by atoms with Crippen LogP contribution in [-0.4, -0.2) is 73.4 Å². The predicted octanol–water partition coefficient (Wildman–Crippen LogP) is -24.8. The number of hydrogen-bond donors (Lipinski definition) is 15. The summed E-state index contributed by atoms with van der Waals surface area (Å²) in [5.41, 5.74) is 0. The Bertz CT molecular complexity index is 416. The molecule has 0 spiro atoms. The Labute approximate surface area is 345 Å². The molecule has 0 aliphatic heterocycles. The molecule has 0 atom stereocenters. The van der Waals surface area contributed by atoms with E-state index >= 15 is 0 Å². The van der Waals surface area contributed by atoms with E-state index in [1.165, 1.54) is 0 Å². The summed E-state index contributed by atoms with van der Waals surface area (Å²) in [6, 6.07) is 0. The zero-order chi connectivity index (χ0) is 22.5. The van der Waals surface area contributed by atoms with Crippen molar-refractivity contribution < 1.29 is 313 Å². The van der Waals surface area contributed by atoms with Gasteiger partial charge in [0.15, 0.2) is 0 Å². The normalized spacial score (nSPS) is 9.22. The molecule has 0 aliphatic rings. The molecule has 0 unspecified atom stereocenters. The molecule has 0 aliphatic carbocycles. The Morgan fingerprint density at radius 3 is 0.250 bits per heavy atom. The molecule has 0 fully saturated rings. The van der Waals surface area contributed by atoms with Gasteiger partial charge < -0.3 is 83.4 Å². The van der Waals surface area contributed by atoms with Gasteiger partial charge in [0.05, 0.1) is 0 Å². The number of rotatable bonds is 0. The van der Waals surface area contributed by atoms with Crippen LogP contribution in [0.15, 0.2) is 0 Å². The van der Waals surface area contributed by atoms with E-state index in [4.69, 9.17) is 96.2 Å². The third kappa shape index (κ3) is 880. The molecule has 0 bridgehead atoms. The van der Waals surface area contributed by atoms with Crippen molar-refractivity contribution in [3.63, 3.8) is 0 Å². The molecule has 20 nitrogen and oxygen atoms in total. The fourth-order valence-electron chi connectivity index (χ4n) is 0. The SMILES string of the molecule is O=P(O)(O)O.O=P(O)(O)O.O=P(O)(O)O.O=P(O)(O)O.O=P(O)(O)O.[H-].[H-].[H-].[H-].[H-].[H-].[H-].[Na+].[Na+].[Na+].[Na+].[Na+].[Na+].[Na+]. The summed E-state index contributed by atoms with van der Waals surface area (Å²) in [6.07, 6.45) is 0. The van der Waals surface area contributed by atoms with E-state index in [9.17, 15) is 0 Å². The monoisotopic (exact) mass is 658 g/mol. The van der Waals surface area contributed by atoms with Crippen LogP contribution in [0.3, 0.4) is 0 Å². The second-order valence-electron chi connectivity index (χ2n) is 2.57. The largest absolute Gasteiger partial charge is 1.00 e. The first kappa shape index (κ1) is 77.4. The van der Waals surface area contributed by atoms with Crippen molar-refractivity contribution in [2.24, 2.45) is 0 Å². The van der Waals surface area contributed by atoms with Gasteiger partial charge in [0, 0.05) is 0 Å². The van der Waals surface area contributed by atoms with Gasteiger partial charge in [-0.25, -0.2) is 22.8 Å². The van der Waals surface area contributed by atoms with Gasteiger partial charge in [0.2, 0.25) is 0 Å². The molecule has 32 heteroatoms. The van der Waals surface area contributed by atoms with Crippen molar-refractivity contribution in [1.29, 1.82) is 0 Å². The summed E-state index contributed by atoms with van der Waals surface area (Å²) in [7, 11) is -23.2. The van der Waals surface area contributed by atoms with Crippen LogP contribution in [0.4, 0.5) is 0 Å². The van der Waals surface area contributed by atoms with Gasteiger partial charge >= 0.3 is 246 Å². The van der Waals surface area contributed by atoms with Gasteiger partial charge in [0.1, 0.15) is 0 Å². The molecule has 0 heterocycles. The molecule has 0 aromatic carbocycles. The summed E-state index contributed by atoms with van der Waals surface area (Å²) in [5.74, 6) is 0. The summed E-state index contributed by atoms with van der Waals surface area (Å²) >= 11 is 0. The Balaban J connectivity index is -0.00000000692. The average Bonchev–Trinajstić information content (AvgIpc) is 1.79. The van der Waals surface area contributed by atoms with Crippen LogP contribution >= 0.6 is 39.1 Å². The summed E-state index contributed by atoms with van der Waals surface area (Å²) in [6.45, 7) is 0. The molecule has 0 amide bonds. The quantitative estimate of drug-likeness (QED) is 0.0848. The Kier molecular flexibility index (Phi) is 93.3. The summed E-state index contributed by atoms with van der Waals surface area (Å²) < 4.78 is 44.4. The maximum absolute atomic E-state index is 8.88. The van der Waals surface area contributed by atoms with Crippen molar-refractivity contribution >= 4 is 39.1 Å². The minimum absolute atomic E-state index is 0. The molecule has 15 N–H and O–H groups in total. The summed E-state index contributed by atoms with van der Waals surface area (Å²) in [5, 5.41) is 0. The standard InChI is InChI=1S/7Na.5H3O4P.7H/c;;;;;;;5*1-5(2,3)4;;;;;;;/h;;;;;;;5*(H3,1,2,3,4);;;;;;;/q7*+1;;;;;;7*-1. The van der Waals surface area contributed by atoms with E-state index in [1.54, 1.807) is 0 Å². The zero-order valence-electron chi connectivity index (χ0n) is 25.0. The molecular formula is H22Na7O20P5. The molecule has 174 valence electrons. The molecule has 0 aromatic heterocycles. The van der Waals surface area contributed by atoms with Gasteiger partial charge in [-0.2, -0.15) is 0 Å². The van der Waals surface area contributed by atoms with Crippen LogP contribution in [0.25, 0.3) is 0 Å². The van der Waals surface area contributed by atoms with Crippen molar-refractivity contribution in [3.05, 3.63) is 0 Å². The second-order valence-corrected chi connectivity index (χ2v) is 7.70. The summed E-state index contributed by atoms with van der Waals surface area (Å²) in [4.78, 5) is 108.